The van der Waals surface area contributed by atoms with Crippen molar-refractivity contribution in [2.45, 2.75) is 0 Å². The van der Waals surface area contributed by atoms with E-state index in [-0.39, 0.29) is 17.4 Å². The first kappa shape index (κ1) is 18.7. The summed E-state index contributed by atoms with van der Waals surface area (Å²) in [5.41, 5.74) is 8.83. The van der Waals surface area contributed by atoms with Gasteiger partial charge in [-0.05, 0) is 24.3 Å². The third-order valence-electron chi connectivity index (χ3n) is 4.21. The van der Waals surface area contributed by atoms with E-state index in [0.29, 0.717) is 21.4 Å². The van der Waals surface area contributed by atoms with E-state index in [9.17, 15) is 8.42 Å². The number of nitrogens with zero attached hydrogens (tertiary/aromatic N) is 4. The summed E-state index contributed by atoms with van der Waals surface area (Å²) in [6, 6.07) is 14.3. The molecule has 4 rings (SSSR count). The molecule has 7 nitrogen and oxygen atoms in total. The van der Waals surface area contributed by atoms with E-state index in [1.807, 2.05) is 24.3 Å². The van der Waals surface area contributed by atoms with E-state index in [4.69, 9.17) is 28.9 Å². The fourth-order valence-corrected chi connectivity index (χ4v) is 4.01. The molecule has 0 aromatic heterocycles. The molecular weight excluding hydrogens is 421 g/mol. The Morgan fingerprint density at radius 3 is 2.00 bits per heavy atom. The topological polar surface area (TPSA) is 100 Å². The molecule has 2 aromatic carbocycles. The third-order valence-corrected chi connectivity index (χ3v) is 5.54. The number of amidine groups is 2. The van der Waals surface area contributed by atoms with Crippen molar-refractivity contribution in [1.29, 1.82) is 0 Å². The summed E-state index contributed by atoms with van der Waals surface area (Å²) in [7, 11) is -2.37. The van der Waals surface area contributed by atoms with Crippen LogP contribution in [0.15, 0.2) is 62.3 Å². The lowest BCUT2D eigenvalue weighted by atomic mass is 10.0. The van der Waals surface area contributed by atoms with Gasteiger partial charge in [0.2, 0.25) is 0 Å². The van der Waals surface area contributed by atoms with Crippen LogP contribution in [-0.4, -0.2) is 37.7 Å². The molecule has 0 amide bonds. The molecule has 2 aromatic rings. The highest BCUT2D eigenvalue weighted by Crippen LogP contribution is 2.35. The van der Waals surface area contributed by atoms with E-state index in [0.717, 1.165) is 11.1 Å². The van der Waals surface area contributed by atoms with Gasteiger partial charge in [-0.15, -0.1) is 8.80 Å². The standard InChI is InChI=1S/C18H13Cl2N5O2S/c1-25-16(11-4-8-13(20)9-5-11)14(10-2-6-12(19)7-3-10)22-15-17(21)23-28(26,27)24-18(15)25/h2-9H,1H3,(H2,21,23). The lowest BCUT2D eigenvalue weighted by Crippen LogP contribution is -2.45. The van der Waals surface area contributed by atoms with Crippen molar-refractivity contribution >= 4 is 62.2 Å². The second-order valence-electron chi connectivity index (χ2n) is 6.07. The highest BCUT2D eigenvalue weighted by Gasteiger charge is 2.34. The Bertz CT molecular complexity index is 1200. The summed E-state index contributed by atoms with van der Waals surface area (Å²) in [4.78, 5) is 6.24. The van der Waals surface area contributed by atoms with E-state index in [1.54, 1.807) is 36.2 Å². The van der Waals surface area contributed by atoms with Crippen LogP contribution in [0, 0.1) is 0 Å². The summed E-state index contributed by atoms with van der Waals surface area (Å²) < 4.78 is 31.1. The lowest BCUT2D eigenvalue weighted by Gasteiger charge is -2.31. The first-order valence-corrected chi connectivity index (χ1v) is 10.2. The Morgan fingerprint density at radius 1 is 0.893 bits per heavy atom. The number of benzene rings is 2. The Morgan fingerprint density at radius 2 is 1.43 bits per heavy atom. The predicted octanol–water partition coefficient (Wildman–Crippen LogP) is 3.22. The smallest absolute Gasteiger partial charge is 0.367 e. The second kappa shape index (κ2) is 6.73. The van der Waals surface area contributed by atoms with Gasteiger partial charge in [-0.25, -0.2) is 4.99 Å². The van der Waals surface area contributed by atoms with Crippen molar-refractivity contribution in [3.8, 4) is 0 Å². The van der Waals surface area contributed by atoms with E-state index >= 15 is 0 Å². The Labute approximate surface area is 171 Å². The number of nitrogens with two attached hydrogens (primary N) is 1. The minimum Gasteiger partial charge on any atom is -0.381 e. The van der Waals surface area contributed by atoms with Crippen molar-refractivity contribution in [3.05, 3.63) is 69.7 Å². The molecule has 28 heavy (non-hydrogen) atoms. The average Bonchev–Trinajstić information content (AvgIpc) is 2.63. The summed E-state index contributed by atoms with van der Waals surface area (Å²) in [6.07, 6.45) is 0. The number of aliphatic imine (C=N–C) groups is 1. The van der Waals surface area contributed by atoms with Crippen LogP contribution in [0.5, 0.6) is 0 Å². The molecule has 142 valence electrons. The summed E-state index contributed by atoms with van der Waals surface area (Å²) in [6.45, 7) is 0. The number of hydrogen-bond acceptors (Lipinski definition) is 5. The number of fused-ring (bicyclic) bond motifs is 1. The molecule has 2 N–H and O–H groups in total. The number of halogens is 2. The molecule has 0 bridgehead atoms. The minimum atomic E-state index is -4.07. The largest absolute Gasteiger partial charge is 0.381 e. The summed E-state index contributed by atoms with van der Waals surface area (Å²) in [5, 5.41) is 1.16. The zero-order valence-electron chi connectivity index (χ0n) is 14.5. The maximum Gasteiger partial charge on any atom is 0.367 e. The quantitative estimate of drug-likeness (QED) is 0.785. The van der Waals surface area contributed by atoms with Crippen LogP contribution in [-0.2, 0) is 10.2 Å². The van der Waals surface area contributed by atoms with E-state index in [1.165, 1.54) is 0 Å². The molecule has 0 saturated heterocycles. The van der Waals surface area contributed by atoms with Crippen molar-refractivity contribution in [3.63, 3.8) is 0 Å². The summed E-state index contributed by atoms with van der Waals surface area (Å²) >= 11 is 12.0. The maximum absolute atomic E-state index is 12.0. The van der Waals surface area contributed by atoms with Crippen LogP contribution in [0.2, 0.25) is 10.0 Å². The molecule has 0 spiro atoms. The van der Waals surface area contributed by atoms with Crippen molar-refractivity contribution in [2.75, 3.05) is 7.05 Å². The molecule has 0 unspecified atom stereocenters. The van der Waals surface area contributed by atoms with Gasteiger partial charge in [0.1, 0.15) is 0 Å². The van der Waals surface area contributed by atoms with Crippen LogP contribution < -0.4 is 5.73 Å². The molecule has 0 saturated carbocycles. The second-order valence-corrected chi connectivity index (χ2v) is 8.20. The Kier molecular flexibility index (Phi) is 4.49. The van der Waals surface area contributed by atoms with Gasteiger partial charge in [0.05, 0.1) is 11.4 Å². The number of hydrogen-bond donors (Lipinski definition) is 1. The molecule has 10 heteroatoms. The van der Waals surface area contributed by atoms with Crippen molar-refractivity contribution < 1.29 is 8.42 Å². The zero-order chi connectivity index (χ0) is 20.1. The average molecular weight is 434 g/mol. The first-order chi connectivity index (χ1) is 13.2. The fourth-order valence-electron chi connectivity index (χ4n) is 2.96. The molecule has 0 aliphatic carbocycles. The molecule has 0 atom stereocenters. The lowest BCUT2D eigenvalue weighted by molar-refractivity contribution is 0.598. The van der Waals surface area contributed by atoms with Gasteiger partial charge in [0, 0.05) is 28.2 Å². The van der Waals surface area contributed by atoms with Crippen LogP contribution in [0.4, 0.5) is 0 Å². The molecular formula is C18H13Cl2N5O2S. The molecule has 2 aliphatic heterocycles. The Hall–Kier alpha value is -2.68. The van der Waals surface area contributed by atoms with Gasteiger partial charge in [0.25, 0.3) is 0 Å². The Balaban J connectivity index is 2.01. The molecule has 2 aliphatic rings. The van der Waals surface area contributed by atoms with Crippen LogP contribution >= 0.6 is 23.2 Å². The van der Waals surface area contributed by atoms with Crippen molar-refractivity contribution in [2.24, 2.45) is 19.5 Å². The summed E-state index contributed by atoms with van der Waals surface area (Å²) in [5.74, 6) is -0.103. The van der Waals surface area contributed by atoms with E-state index in [2.05, 4.69) is 13.8 Å². The monoisotopic (exact) mass is 433 g/mol. The van der Waals surface area contributed by atoms with Crippen LogP contribution in [0.25, 0.3) is 11.4 Å². The van der Waals surface area contributed by atoms with Gasteiger partial charge >= 0.3 is 10.2 Å². The van der Waals surface area contributed by atoms with E-state index < -0.39 is 10.2 Å². The van der Waals surface area contributed by atoms with Gasteiger partial charge in [-0.1, -0.05) is 47.5 Å². The van der Waals surface area contributed by atoms with Gasteiger partial charge < -0.3 is 10.6 Å². The normalized spacial score (nSPS) is 18.2. The molecule has 2 heterocycles. The fraction of sp³-hybridized carbons (Fsp3) is 0.0556. The third kappa shape index (κ3) is 3.30. The molecule has 0 radical (unpaired) electrons. The number of rotatable bonds is 2. The first-order valence-electron chi connectivity index (χ1n) is 8.05. The van der Waals surface area contributed by atoms with Gasteiger partial charge in [-0.3, -0.25) is 0 Å². The minimum absolute atomic E-state index is 0.107. The van der Waals surface area contributed by atoms with Crippen molar-refractivity contribution in [1.82, 2.24) is 4.90 Å². The van der Waals surface area contributed by atoms with Crippen LogP contribution in [0.3, 0.4) is 0 Å². The van der Waals surface area contributed by atoms with Gasteiger partial charge in [0.15, 0.2) is 17.4 Å². The maximum atomic E-state index is 12.0. The highest BCUT2D eigenvalue weighted by molar-refractivity contribution is 7.89. The zero-order valence-corrected chi connectivity index (χ0v) is 16.8. The van der Waals surface area contributed by atoms with Crippen LogP contribution in [0.1, 0.15) is 11.1 Å². The highest BCUT2D eigenvalue weighted by atomic mass is 35.5. The predicted molar refractivity (Wildman–Crippen MR) is 113 cm³/mol. The van der Waals surface area contributed by atoms with Gasteiger partial charge in [-0.2, -0.15) is 8.42 Å². The molecule has 0 fully saturated rings. The SMILES string of the molecule is CN1C2=NS(=O)(=O)N=C(N)C2=NC(c2ccc(Cl)cc2)=C1c1ccc(Cl)cc1.